The predicted molar refractivity (Wildman–Crippen MR) is 270 cm³/mol. The predicted octanol–water partition coefficient (Wildman–Crippen LogP) is 5.73. The van der Waals surface area contributed by atoms with Gasteiger partial charge in [-0.05, 0) is 120 Å². The summed E-state index contributed by atoms with van der Waals surface area (Å²) < 4.78 is 64.4. The van der Waals surface area contributed by atoms with Crippen LogP contribution >= 0.6 is 0 Å². The van der Waals surface area contributed by atoms with Gasteiger partial charge < -0.3 is 50.0 Å². The number of ether oxygens (including phenoxy) is 4. The minimum absolute atomic E-state index is 0.00377. The standard InChI is InChI=1S/C55H79F3N8O9/c1-65-49(68)30-44(50(65)37-7-5-22-59-32-37)52(70)61-24-28-75-43-15-13-42(14-16-43)74-26-6-8-48(67)64-40-11-9-36(10-12-40)51(69)60-23-4-3-20-54(21-17-41(31-54)63-46-19-27-73-35-47(46)72-2)53(71)66-25-18-45-38(34-66)29-39(33-62-45)55(56,57)58/h5,7,22,29,32-33,36,40-44,46-47,50,63H,3-4,6,8-21,23-28,30-31,34-35H2,1-2H3,(H,60,69)(H,61,70)(H,64,67)/t36?,40?,41-,42?,43?,44+,46+,47-,50-,54+/m1/s1. The molecule has 0 spiro atoms. The summed E-state index contributed by atoms with van der Waals surface area (Å²) in [6, 6.07) is 4.71. The Morgan fingerprint density at radius 2 is 1.65 bits per heavy atom. The number of hydrogen-bond donors (Lipinski definition) is 4. The number of likely N-dealkylation sites (tertiary alicyclic amines) is 1. The second kappa shape index (κ2) is 26.5. The van der Waals surface area contributed by atoms with Crippen molar-refractivity contribution < 1.29 is 56.1 Å². The molecule has 0 radical (unpaired) electrons. The van der Waals surface area contributed by atoms with Crippen LogP contribution < -0.4 is 21.3 Å². The largest absolute Gasteiger partial charge is 0.417 e. The van der Waals surface area contributed by atoms with Crippen LogP contribution in [0.5, 0.6) is 0 Å². The molecule has 5 heterocycles. The van der Waals surface area contributed by atoms with Crippen molar-refractivity contribution in [1.29, 1.82) is 0 Å². The van der Waals surface area contributed by atoms with Gasteiger partial charge in [-0.25, -0.2) is 0 Å². The SMILES string of the molecule is CO[C@@H]1COCC[C@@H]1N[C@@H]1CC[C@](CCCCNC(=O)C2CCC(NC(=O)CCCOC3CCC(OCCNC(=O)[C@H]4CC(=O)N(C)[C@@H]4c4cccnc4)CC3)CC2)(C(=O)N2CCc3ncc(C(F)(F)F)cc3C2)C1. The molecule has 17 nitrogen and oxygen atoms in total. The van der Waals surface area contributed by atoms with Gasteiger partial charge in [-0.3, -0.25) is 33.9 Å². The highest BCUT2D eigenvalue weighted by Gasteiger charge is 2.48. The number of hydrogen-bond acceptors (Lipinski definition) is 12. The van der Waals surface area contributed by atoms with E-state index in [4.69, 9.17) is 18.9 Å². The molecule has 0 aromatic carbocycles. The van der Waals surface area contributed by atoms with Crippen LogP contribution in [0.4, 0.5) is 13.2 Å². The van der Waals surface area contributed by atoms with Gasteiger partial charge in [0.05, 0.1) is 54.5 Å². The van der Waals surface area contributed by atoms with Gasteiger partial charge in [0.1, 0.15) is 0 Å². The molecule has 0 bridgehead atoms. The van der Waals surface area contributed by atoms with E-state index in [0.29, 0.717) is 122 Å². The van der Waals surface area contributed by atoms with Crippen LogP contribution in [0.25, 0.3) is 0 Å². The summed E-state index contributed by atoms with van der Waals surface area (Å²) in [7, 11) is 3.40. The number of aromatic nitrogens is 2. The number of amides is 5. The zero-order chi connectivity index (χ0) is 53.0. The van der Waals surface area contributed by atoms with Crippen LogP contribution in [0.15, 0.2) is 36.8 Å². The summed E-state index contributed by atoms with van der Waals surface area (Å²) >= 11 is 0. The molecule has 414 valence electrons. The molecule has 2 aromatic heterocycles. The minimum Gasteiger partial charge on any atom is -0.379 e. The molecule has 5 amide bonds. The monoisotopic (exact) mass is 1050 g/mol. The Bertz CT molecular complexity index is 2230. The smallest absolute Gasteiger partial charge is 0.379 e. The van der Waals surface area contributed by atoms with Crippen molar-refractivity contribution in [3.05, 3.63) is 59.2 Å². The molecule has 2 saturated heterocycles. The van der Waals surface area contributed by atoms with Gasteiger partial charge in [-0.1, -0.05) is 12.5 Å². The summed E-state index contributed by atoms with van der Waals surface area (Å²) in [6.07, 6.45) is 12.6. The molecule has 4 N–H and O–H groups in total. The van der Waals surface area contributed by atoms with Crippen molar-refractivity contribution >= 4 is 29.5 Å². The van der Waals surface area contributed by atoms with E-state index >= 15 is 0 Å². The van der Waals surface area contributed by atoms with Crippen LogP contribution in [0.2, 0.25) is 0 Å². The Kier molecular flexibility index (Phi) is 20.0. The van der Waals surface area contributed by atoms with E-state index in [1.807, 2.05) is 12.1 Å². The quantitative estimate of drug-likeness (QED) is 0.105. The normalized spacial score (nSPS) is 29.2. The maximum Gasteiger partial charge on any atom is 0.417 e. The molecule has 3 aliphatic carbocycles. The first-order valence-electron chi connectivity index (χ1n) is 27.6. The number of fused-ring (bicyclic) bond motifs is 1. The zero-order valence-corrected chi connectivity index (χ0v) is 43.8. The molecule has 5 fully saturated rings. The number of alkyl halides is 3. The number of rotatable bonds is 22. The number of nitrogens with zero attached hydrogens (tertiary/aromatic N) is 4. The molecule has 0 unspecified atom stereocenters. The van der Waals surface area contributed by atoms with Crippen molar-refractivity contribution in [2.75, 3.05) is 60.2 Å². The highest BCUT2D eigenvalue weighted by molar-refractivity contribution is 5.90. The van der Waals surface area contributed by atoms with Crippen molar-refractivity contribution in [2.24, 2.45) is 17.3 Å². The molecule has 3 saturated carbocycles. The molecule has 75 heavy (non-hydrogen) atoms. The molecule has 20 heteroatoms. The van der Waals surface area contributed by atoms with Gasteiger partial charge in [0.15, 0.2) is 0 Å². The Morgan fingerprint density at radius 1 is 0.893 bits per heavy atom. The summed E-state index contributed by atoms with van der Waals surface area (Å²) in [6.45, 7) is 3.39. The van der Waals surface area contributed by atoms with Crippen molar-refractivity contribution in [3.8, 4) is 0 Å². The third kappa shape index (κ3) is 15.0. The second-order valence-electron chi connectivity index (χ2n) is 21.9. The first-order chi connectivity index (χ1) is 36.2. The first kappa shape index (κ1) is 56.4. The number of nitrogens with one attached hydrogen (secondary N) is 4. The topological polar surface area (TPSA) is 203 Å². The number of carbonyl (C=O) groups excluding carboxylic acids is 5. The van der Waals surface area contributed by atoms with E-state index in [9.17, 15) is 37.1 Å². The molecular weight excluding hydrogens is 974 g/mol. The summed E-state index contributed by atoms with van der Waals surface area (Å²) in [5.74, 6) is -0.829. The number of unbranched alkanes of at least 4 members (excludes halogenated alkanes) is 1. The lowest BCUT2D eigenvalue weighted by molar-refractivity contribution is -0.144. The van der Waals surface area contributed by atoms with Gasteiger partial charge in [0.2, 0.25) is 29.5 Å². The fourth-order valence-electron chi connectivity index (χ4n) is 12.6. The number of halogens is 3. The molecule has 3 aliphatic heterocycles. The van der Waals surface area contributed by atoms with Gasteiger partial charge in [0.25, 0.3) is 0 Å². The van der Waals surface area contributed by atoms with Gasteiger partial charge in [0, 0.05) is 121 Å². The van der Waals surface area contributed by atoms with E-state index in [1.54, 1.807) is 36.4 Å². The zero-order valence-electron chi connectivity index (χ0n) is 43.8. The lowest BCUT2D eigenvalue weighted by Crippen LogP contribution is -2.51. The van der Waals surface area contributed by atoms with Crippen molar-refractivity contribution in [1.82, 2.24) is 41.0 Å². The molecule has 2 aromatic rings. The van der Waals surface area contributed by atoms with Gasteiger partial charge in [-0.2, -0.15) is 13.2 Å². The van der Waals surface area contributed by atoms with Gasteiger partial charge >= 0.3 is 6.18 Å². The fraction of sp³-hybridized carbons (Fsp3) is 0.727. The lowest BCUT2D eigenvalue weighted by Gasteiger charge is -2.38. The molecule has 6 aliphatic rings. The van der Waals surface area contributed by atoms with E-state index in [1.165, 1.54) is 0 Å². The second-order valence-corrected chi connectivity index (χ2v) is 21.9. The average Bonchev–Trinajstić information content (AvgIpc) is 3.98. The highest BCUT2D eigenvalue weighted by Crippen LogP contribution is 2.46. The van der Waals surface area contributed by atoms with E-state index in [0.717, 1.165) is 69.2 Å². The Balaban J connectivity index is 0.682. The number of methoxy groups -OCH3 is 1. The average molecular weight is 1050 g/mol. The third-order valence-corrected chi connectivity index (χ3v) is 16.8. The lowest BCUT2D eigenvalue weighted by atomic mass is 9.78. The maximum atomic E-state index is 14.6. The fourth-order valence-corrected chi connectivity index (χ4v) is 12.6. The minimum atomic E-state index is -4.52. The molecular formula is C55H79F3N8O9. The van der Waals surface area contributed by atoms with E-state index in [2.05, 4.69) is 31.2 Å². The Morgan fingerprint density at radius 3 is 2.39 bits per heavy atom. The van der Waals surface area contributed by atoms with Crippen LogP contribution in [0.1, 0.15) is 144 Å². The summed E-state index contributed by atoms with van der Waals surface area (Å²) in [5, 5.41) is 13.0. The third-order valence-electron chi connectivity index (χ3n) is 16.8. The summed E-state index contributed by atoms with van der Waals surface area (Å²) in [5.41, 5.74) is 0.407. The Hall–Kier alpha value is -4.76. The van der Waals surface area contributed by atoms with Crippen LogP contribution in [-0.2, 0) is 62.1 Å². The Labute approximate surface area is 439 Å². The summed E-state index contributed by atoms with van der Waals surface area (Å²) in [4.78, 5) is 77.9. The van der Waals surface area contributed by atoms with E-state index in [-0.39, 0.29) is 90.9 Å². The molecule has 6 atom stereocenters. The first-order valence-corrected chi connectivity index (χ1v) is 27.6. The van der Waals surface area contributed by atoms with E-state index < -0.39 is 23.1 Å². The van der Waals surface area contributed by atoms with Crippen LogP contribution in [0, 0.1) is 17.3 Å². The van der Waals surface area contributed by atoms with Crippen LogP contribution in [-0.4, -0.2) is 146 Å². The number of carbonyl (C=O) groups is 5. The maximum absolute atomic E-state index is 14.6. The highest BCUT2D eigenvalue weighted by atomic mass is 19.4. The number of pyridine rings is 2. The van der Waals surface area contributed by atoms with Crippen molar-refractivity contribution in [3.63, 3.8) is 0 Å². The molecule has 8 rings (SSSR count). The van der Waals surface area contributed by atoms with Gasteiger partial charge in [-0.15, -0.1) is 0 Å². The van der Waals surface area contributed by atoms with Crippen molar-refractivity contribution in [2.45, 2.75) is 177 Å². The van der Waals surface area contributed by atoms with Crippen LogP contribution in [0.3, 0.4) is 0 Å².